The van der Waals surface area contributed by atoms with Crippen LogP contribution in [0.15, 0.2) is 12.2 Å². The zero-order chi connectivity index (χ0) is 42.3. The third-order valence-corrected chi connectivity index (χ3v) is 11.5. The third-order valence-electron chi connectivity index (χ3n) is 11.5. The molecule has 0 aromatic rings. The maximum absolute atomic E-state index is 12.7. The van der Waals surface area contributed by atoms with Gasteiger partial charge in [0.25, 0.3) is 0 Å². The lowest BCUT2D eigenvalue weighted by Crippen LogP contribution is -2.30. The third kappa shape index (κ3) is 45.2. The minimum atomic E-state index is -0.765. The predicted molar refractivity (Wildman–Crippen MR) is 247 cm³/mol. The first kappa shape index (κ1) is 56.1. The van der Waals surface area contributed by atoms with Crippen LogP contribution in [0.25, 0.3) is 0 Å². The molecule has 1 unspecified atom stereocenters. The van der Waals surface area contributed by atoms with Gasteiger partial charge in [0.1, 0.15) is 13.2 Å². The Morgan fingerprint density at radius 3 is 0.862 bits per heavy atom. The molecule has 1 atom stereocenters. The number of unbranched alkanes of at least 4 members (excludes halogenated alkanes) is 34. The van der Waals surface area contributed by atoms with Gasteiger partial charge in [-0.15, -0.1) is 0 Å². The zero-order valence-electron chi connectivity index (χ0n) is 39.1. The van der Waals surface area contributed by atoms with Gasteiger partial charge in [-0.25, -0.2) is 0 Å². The molecule has 0 spiro atoms. The van der Waals surface area contributed by atoms with Crippen molar-refractivity contribution in [2.24, 2.45) is 0 Å². The molecule has 0 bridgehead atoms. The van der Waals surface area contributed by atoms with Crippen molar-refractivity contribution in [3.8, 4) is 0 Å². The molecular weight excluding hydrogens is 721 g/mol. The summed E-state index contributed by atoms with van der Waals surface area (Å²) in [5, 5.41) is 0. The lowest BCUT2D eigenvalue weighted by Gasteiger charge is -2.18. The van der Waals surface area contributed by atoms with E-state index in [0.29, 0.717) is 19.3 Å². The quantitative estimate of drug-likeness (QED) is 0.0263. The normalized spacial score (nSPS) is 12.0. The van der Waals surface area contributed by atoms with Crippen LogP contribution < -0.4 is 0 Å². The van der Waals surface area contributed by atoms with E-state index in [9.17, 15) is 14.4 Å². The summed E-state index contributed by atoms with van der Waals surface area (Å²) < 4.78 is 16.8. The van der Waals surface area contributed by atoms with E-state index in [1.54, 1.807) is 0 Å². The van der Waals surface area contributed by atoms with Crippen molar-refractivity contribution in [3.05, 3.63) is 12.2 Å². The van der Waals surface area contributed by atoms with Crippen LogP contribution in [-0.2, 0) is 28.6 Å². The first-order valence-electron chi connectivity index (χ1n) is 25.7. The summed E-state index contributed by atoms with van der Waals surface area (Å²) in [6, 6.07) is 0. The van der Waals surface area contributed by atoms with Gasteiger partial charge in [0.2, 0.25) is 0 Å². The van der Waals surface area contributed by atoms with Crippen molar-refractivity contribution < 1.29 is 28.6 Å². The molecule has 0 saturated heterocycles. The Morgan fingerprint density at radius 1 is 0.328 bits per heavy atom. The van der Waals surface area contributed by atoms with Crippen molar-refractivity contribution in [1.29, 1.82) is 0 Å². The summed E-state index contributed by atoms with van der Waals surface area (Å²) in [5.74, 6) is -0.864. The Kier molecular flexibility index (Phi) is 46.3. The smallest absolute Gasteiger partial charge is 0.306 e. The fraction of sp³-hybridized carbons (Fsp3) is 0.904. The van der Waals surface area contributed by atoms with Crippen molar-refractivity contribution in [1.82, 2.24) is 0 Å². The van der Waals surface area contributed by atoms with E-state index < -0.39 is 6.10 Å². The molecule has 0 aromatic carbocycles. The van der Waals surface area contributed by atoms with Crippen molar-refractivity contribution in [2.45, 2.75) is 290 Å². The molecule has 6 heteroatoms. The van der Waals surface area contributed by atoms with Crippen LogP contribution in [0.5, 0.6) is 0 Å². The monoisotopic (exact) mass is 819 g/mol. The molecular formula is C52H98O6. The maximum Gasteiger partial charge on any atom is 0.306 e. The Bertz CT molecular complexity index is 900. The van der Waals surface area contributed by atoms with Gasteiger partial charge in [0, 0.05) is 19.3 Å². The van der Waals surface area contributed by atoms with Gasteiger partial charge in [-0.2, -0.15) is 0 Å². The summed E-state index contributed by atoms with van der Waals surface area (Å²) in [7, 11) is 0. The molecule has 0 rings (SSSR count). The fourth-order valence-corrected chi connectivity index (χ4v) is 7.61. The number of carbonyl (C=O) groups is 3. The molecule has 0 amide bonds. The minimum absolute atomic E-state index is 0.0679. The van der Waals surface area contributed by atoms with Crippen molar-refractivity contribution in [3.63, 3.8) is 0 Å². The van der Waals surface area contributed by atoms with Crippen LogP contribution in [0.4, 0.5) is 0 Å². The number of ether oxygens (including phenoxy) is 3. The molecule has 0 radical (unpaired) electrons. The average Bonchev–Trinajstić information content (AvgIpc) is 3.22. The lowest BCUT2D eigenvalue weighted by atomic mass is 10.0. The van der Waals surface area contributed by atoms with Crippen LogP contribution in [0, 0.1) is 0 Å². The number of carbonyl (C=O) groups excluding carboxylic acids is 3. The molecule has 0 fully saturated rings. The Hall–Kier alpha value is -1.85. The van der Waals surface area contributed by atoms with Crippen LogP contribution in [0.3, 0.4) is 0 Å². The zero-order valence-corrected chi connectivity index (χ0v) is 39.1. The molecule has 6 nitrogen and oxygen atoms in total. The summed E-state index contributed by atoms with van der Waals surface area (Å²) >= 11 is 0. The molecule has 0 aliphatic carbocycles. The minimum Gasteiger partial charge on any atom is -0.462 e. The topological polar surface area (TPSA) is 78.9 Å². The number of hydrogen-bond donors (Lipinski definition) is 0. The fourth-order valence-electron chi connectivity index (χ4n) is 7.61. The van der Waals surface area contributed by atoms with Crippen LogP contribution >= 0.6 is 0 Å². The van der Waals surface area contributed by atoms with Gasteiger partial charge in [-0.3, -0.25) is 14.4 Å². The molecule has 0 heterocycles. The number of allylic oxidation sites excluding steroid dienone is 2. The van der Waals surface area contributed by atoms with Gasteiger partial charge in [0.05, 0.1) is 0 Å². The maximum atomic E-state index is 12.7. The SMILES string of the molecule is CCCCCCCCCCC/C=C\CCCCCCCC(=O)OCC(COC(=O)CCCCCCCCCCC)OC(=O)CCCCCCCCCCCCCCC. The van der Waals surface area contributed by atoms with E-state index in [1.165, 1.54) is 180 Å². The van der Waals surface area contributed by atoms with E-state index >= 15 is 0 Å². The van der Waals surface area contributed by atoms with Gasteiger partial charge in [-0.05, 0) is 44.9 Å². The lowest BCUT2D eigenvalue weighted by molar-refractivity contribution is -0.167. The summed E-state index contributed by atoms with van der Waals surface area (Å²) in [5.41, 5.74) is 0. The predicted octanol–water partition coefficient (Wildman–Crippen LogP) is 16.6. The highest BCUT2D eigenvalue weighted by Gasteiger charge is 2.19. The van der Waals surface area contributed by atoms with E-state index in [1.807, 2.05) is 0 Å². The molecule has 0 saturated carbocycles. The standard InChI is InChI=1S/C52H98O6/c1-4-7-10-13-16-19-21-23-24-25-26-27-29-30-33-36-39-42-45-51(54)57-48-49(47-56-50(53)44-41-38-35-32-18-15-12-9-6-3)58-52(55)46-43-40-37-34-31-28-22-20-17-14-11-8-5-2/h26-27,49H,4-25,28-48H2,1-3H3/b27-26-. The number of hydrogen-bond acceptors (Lipinski definition) is 6. The molecule has 58 heavy (non-hydrogen) atoms. The highest BCUT2D eigenvalue weighted by Crippen LogP contribution is 2.16. The Labute approximate surface area is 360 Å². The molecule has 342 valence electrons. The van der Waals surface area contributed by atoms with E-state index in [2.05, 4.69) is 32.9 Å². The summed E-state index contributed by atoms with van der Waals surface area (Å²) in [4.78, 5) is 37.8. The van der Waals surface area contributed by atoms with E-state index in [0.717, 1.165) is 64.2 Å². The van der Waals surface area contributed by atoms with Gasteiger partial charge >= 0.3 is 17.9 Å². The highest BCUT2D eigenvalue weighted by atomic mass is 16.6. The first-order chi connectivity index (χ1) is 28.5. The first-order valence-corrected chi connectivity index (χ1v) is 25.7. The average molecular weight is 819 g/mol. The van der Waals surface area contributed by atoms with Gasteiger partial charge in [-0.1, -0.05) is 232 Å². The number of esters is 3. The van der Waals surface area contributed by atoms with Crippen LogP contribution in [0.2, 0.25) is 0 Å². The molecule has 0 N–H and O–H groups in total. The van der Waals surface area contributed by atoms with E-state index in [4.69, 9.17) is 14.2 Å². The second-order valence-electron chi connectivity index (χ2n) is 17.4. The highest BCUT2D eigenvalue weighted by molar-refractivity contribution is 5.71. The van der Waals surface area contributed by atoms with Gasteiger partial charge < -0.3 is 14.2 Å². The van der Waals surface area contributed by atoms with Crippen LogP contribution in [-0.4, -0.2) is 37.2 Å². The Balaban J connectivity index is 4.27. The summed E-state index contributed by atoms with van der Waals surface area (Å²) in [6.07, 6.45) is 52.0. The largest absolute Gasteiger partial charge is 0.462 e. The second-order valence-corrected chi connectivity index (χ2v) is 17.4. The van der Waals surface area contributed by atoms with Crippen molar-refractivity contribution in [2.75, 3.05) is 13.2 Å². The summed E-state index contributed by atoms with van der Waals surface area (Å²) in [6.45, 7) is 6.64. The Morgan fingerprint density at radius 2 is 0.569 bits per heavy atom. The number of rotatable bonds is 47. The van der Waals surface area contributed by atoms with Gasteiger partial charge in [0.15, 0.2) is 6.10 Å². The molecule has 0 aromatic heterocycles. The van der Waals surface area contributed by atoms with Crippen molar-refractivity contribution >= 4 is 17.9 Å². The molecule has 0 aliphatic heterocycles. The van der Waals surface area contributed by atoms with Crippen LogP contribution in [0.1, 0.15) is 284 Å². The molecule has 0 aliphatic rings. The second kappa shape index (κ2) is 47.8. The van der Waals surface area contributed by atoms with E-state index in [-0.39, 0.29) is 31.1 Å².